The molecule has 1 heterocycles. The maximum absolute atomic E-state index is 12.6. The molecule has 1 aromatic carbocycles. The molecule has 1 N–H and O–H groups in total. The summed E-state index contributed by atoms with van der Waals surface area (Å²) in [6.07, 6.45) is -7.33. The summed E-state index contributed by atoms with van der Waals surface area (Å²) >= 11 is 0. The van der Waals surface area contributed by atoms with Gasteiger partial charge in [-0.15, -0.1) is 0 Å². The average molecular weight is 280 g/mol. The van der Waals surface area contributed by atoms with Crippen LogP contribution < -0.4 is 0 Å². The van der Waals surface area contributed by atoms with Crippen LogP contribution in [0.3, 0.4) is 0 Å². The van der Waals surface area contributed by atoms with Gasteiger partial charge in [0.2, 0.25) is 0 Å². The predicted octanol–water partition coefficient (Wildman–Crippen LogP) is 4.11. The van der Waals surface area contributed by atoms with Crippen molar-refractivity contribution in [2.75, 3.05) is 0 Å². The van der Waals surface area contributed by atoms with Gasteiger partial charge in [-0.1, -0.05) is 0 Å². The quantitative estimate of drug-likeness (QED) is 0.782. The number of aromatic nitrogens is 2. The van der Waals surface area contributed by atoms with E-state index in [1.807, 2.05) is 0 Å². The smallest absolute Gasteiger partial charge is 0.285 e. The van der Waals surface area contributed by atoms with Crippen LogP contribution in [0.1, 0.15) is 11.1 Å². The fraction of sp³-hybridized carbons (Fsp3) is 0.182. The van der Waals surface area contributed by atoms with Gasteiger partial charge in [0.25, 0.3) is 0 Å². The molecule has 102 valence electrons. The van der Waals surface area contributed by atoms with E-state index in [-0.39, 0.29) is 17.2 Å². The standard InChI is InChI=1S/C11H6F6N2/c12-10(13,14)8-1-6(7-4-18-19-5-7)2-9(3-8)11(15,16)17/h1-5H,(H,18,19). The third kappa shape index (κ3) is 2.88. The molecule has 0 saturated carbocycles. The van der Waals surface area contributed by atoms with Crippen molar-refractivity contribution in [1.82, 2.24) is 10.2 Å². The van der Waals surface area contributed by atoms with Crippen molar-refractivity contribution >= 4 is 0 Å². The summed E-state index contributed by atoms with van der Waals surface area (Å²) in [4.78, 5) is 0. The minimum atomic E-state index is -4.85. The number of H-pyrrole nitrogens is 1. The molecule has 0 amide bonds. The first-order valence-electron chi connectivity index (χ1n) is 4.96. The summed E-state index contributed by atoms with van der Waals surface area (Å²) in [6, 6.07) is 1.39. The maximum Gasteiger partial charge on any atom is 0.416 e. The molecule has 0 spiro atoms. The SMILES string of the molecule is FC(F)(F)c1cc(-c2cn[nH]c2)cc(C(F)(F)F)c1. The highest BCUT2D eigenvalue weighted by Gasteiger charge is 2.37. The van der Waals surface area contributed by atoms with Crippen LogP contribution in [0.5, 0.6) is 0 Å². The molecule has 2 nitrogen and oxygen atoms in total. The van der Waals surface area contributed by atoms with Gasteiger partial charge in [0.15, 0.2) is 0 Å². The zero-order valence-electron chi connectivity index (χ0n) is 9.10. The molecule has 0 aliphatic carbocycles. The Kier molecular flexibility index (Phi) is 3.03. The van der Waals surface area contributed by atoms with Crippen LogP contribution in [0, 0.1) is 0 Å². The van der Waals surface area contributed by atoms with Gasteiger partial charge in [-0.25, -0.2) is 0 Å². The highest BCUT2D eigenvalue weighted by atomic mass is 19.4. The summed E-state index contributed by atoms with van der Waals surface area (Å²) in [5, 5.41) is 5.83. The first-order chi connectivity index (χ1) is 8.68. The van der Waals surface area contributed by atoms with Crippen LogP contribution >= 0.6 is 0 Å². The van der Waals surface area contributed by atoms with Crippen molar-refractivity contribution in [2.45, 2.75) is 12.4 Å². The van der Waals surface area contributed by atoms with Gasteiger partial charge in [0, 0.05) is 11.8 Å². The van der Waals surface area contributed by atoms with Crippen molar-refractivity contribution in [1.29, 1.82) is 0 Å². The Morgan fingerprint density at radius 1 is 0.789 bits per heavy atom. The van der Waals surface area contributed by atoms with E-state index in [1.165, 1.54) is 6.20 Å². The van der Waals surface area contributed by atoms with Crippen LogP contribution in [-0.2, 0) is 12.4 Å². The van der Waals surface area contributed by atoms with Gasteiger partial charge in [-0.2, -0.15) is 31.4 Å². The Labute approximate surface area is 103 Å². The van der Waals surface area contributed by atoms with Gasteiger partial charge in [-0.05, 0) is 23.8 Å². The number of hydrogen-bond acceptors (Lipinski definition) is 1. The van der Waals surface area contributed by atoms with Crippen LogP contribution in [-0.4, -0.2) is 10.2 Å². The van der Waals surface area contributed by atoms with E-state index in [0.29, 0.717) is 12.1 Å². The van der Waals surface area contributed by atoms with E-state index >= 15 is 0 Å². The van der Waals surface area contributed by atoms with Crippen LogP contribution in [0.15, 0.2) is 30.6 Å². The number of hydrogen-bond donors (Lipinski definition) is 1. The number of halogens is 6. The molecule has 19 heavy (non-hydrogen) atoms. The molecule has 0 saturated heterocycles. The molecule has 2 rings (SSSR count). The normalized spacial score (nSPS) is 12.7. The maximum atomic E-state index is 12.6. The monoisotopic (exact) mass is 280 g/mol. The molecule has 0 radical (unpaired) electrons. The largest absolute Gasteiger partial charge is 0.416 e. The third-order valence-corrected chi connectivity index (χ3v) is 2.42. The zero-order chi connectivity index (χ0) is 14.3. The number of nitrogens with one attached hydrogen (secondary N) is 1. The molecule has 0 bridgehead atoms. The Bertz CT molecular complexity index is 536. The topological polar surface area (TPSA) is 28.7 Å². The van der Waals surface area contributed by atoms with E-state index in [2.05, 4.69) is 10.2 Å². The molecule has 1 aromatic heterocycles. The molecular weight excluding hydrogens is 274 g/mol. The Hall–Kier alpha value is -1.99. The van der Waals surface area contributed by atoms with Crippen molar-refractivity contribution in [2.24, 2.45) is 0 Å². The van der Waals surface area contributed by atoms with E-state index in [1.54, 1.807) is 0 Å². The molecule has 0 unspecified atom stereocenters. The van der Waals surface area contributed by atoms with Gasteiger partial charge >= 0.3 is 12.4 Å². The van der Waals surface area contributed by atoms with Gasteiger partial charge in [0.1, 0.15) is 0 Å². The van der Waals surface area contributed by atoms with Gasteiger partial charge in [-0.3, -0.25) is 5.10 Å². The van der Waals surface area contributed by atoms with Crippen LogP contribution in [0.2, 0.25) is 0 Å². The molecule has 0 atom stereocenters. The van der Waals surface area contributed by atoms with Gasteiger partial charge in [0.05, 0.1) is 17.3 Å². The van der Waals surface area contributed by atoms with Crippen LogP contribution in [0.4, 0.5) is 26.3 Å². The molecule has 8 heteroatoms. The Balaban J connectivity index is 2.62. The average Bonchev–Trinajstić information content (AvgIpc) is 2.79. The summed E-state index contributed by atoms with van der Waals surface area (Å²) in [7, 11) is 0. The predicted molar refractivity (Wildman–Crippen MR) is 54.0 cm³/mol. The van der Waals surface area contributed by atoms with Crippen molar-refractivity contribution in [3.63, 3.8) is 0 Å². The number of benzene rings is 1. The fourth-order valence-electron chi connectivity index (χ4n) is 1.53. The lowest BCUT2D eigenvalue weighted by Gasteiger charge is -2.13. The highest BCUT2D eigenvalue weighted by molar-refractivity contribution is 5.64. The first-order valence-corrected chi connectivity index (χ1v) is 4.96. The summed E-state index contributed by atoms with van der Waals surface area (Å²) in [6.45, 7) is 0. The second-order valence-corrected chi connectivity index (χ2v) is 3.78. The molecule has 0 aliphatic rings. The number of aromatic amines is 1. The van der Waals surface area contributed by atoms with E-state index in [9.17, 15) is 26.3 Å². The third-order valence-electron chi connectivity index (χ3n) is 2.42. The second-order valence-electron chi connectivity index (χ2n) is 3.78. The first kappa shape index (κ1) is 13.4. The van der Waals surface area contributed by atoms with Crippen molar-refractivity contribution < 1.29 is 26.3 Å². The fourth-order valence-corrected chi connectivity index (χ4v) is 1.53. The van der Waals surface area contributed by atoms with Gasteiger partial charge < -0.3 is 0 Å². The lowest BCUT2D eigenvalue weighted by atomic mass is 10.0. The van der Waals surface area contributed by atoms with E-state index in [4.69, 9.17) is 0 Å². The second kappa shape index (κ2) is 4.29. The number of nitrogens with zero attached hydrogens (tertiary/aromatic N) is 1. The minimum Gasteiger partial charge on any atom is -0.285 e. The van der Waals surface area contributed by atoms with E-state index < -0.39 is 23.5 Å². The summed E-state index contributed by atoms with van der Waals surface area (Å²) < 4.78 is 75.5. The molecule has 0 fully saturated rings. The summed E-state index contributed by atoms with van der Waals surface area (Å²) in [5.74, 6) is 0. The van der Waals surface area contributed by atoms with E-state index in [0.717, 1.165) is 6.20 Å². The Morgan fingerprint density at radius 3 is 1.68 bits per heavy atom. The molecule has 2 aromatic rings. The highest BCUT2D eigenvalue weighted by Crippen LogP contribution is 2.38. The molecule has 0 aliphatic heterocycles. The van der Waals surface area contributed by atoms with Crippen LogP contribution in [0.25, 0.3) is 11.1 Å². The van der Waals surface area contributed by atoms with Crippen molar-refractivity contribution in [3.8, 4) is 11.1 Å². The minimum absolute atomic E-state index is 0.0869. The zero-order valence-corrected chi connectivity index (χ0v) is 9.10. The number of rotatable bonds is 1. The lowest BCUT2D eigenvalue weighted by Crippen LogP contribution is -2.11. The van der Waals surface area contributed by atoms with Crippen molar-refractivity contribution in [3.05, 3.63) is 41.7 Å². The Morgan fingerprint density at radius 2 is 1.32 bits per heavy atom. The molecular formula is C11H6F6N2. The lowest BCUT2D eigenvalue weighted by molar-refractivity contribution is -0.143. The summed E-state index contributed by atoms with van der Waals surface area (Å²) in [5.41, 5.74) is -2.75. The number of alkyl halides is 6.